The Labute approximate surface area is 105 Å². The lowest BCUT2D eigenvalue weighted by molar-refractivity contribution is 0.415. The van der Waals surface area contributed by atoms with Crippen LogP contribution in [0.1, 0.15) is 37.9 Å². The number of anilines is 1. The van der Waals surface area contributed by atoms with Crippen LogP contribution in [-0.4, -0.2) is 20.5 Å². The second-order valence-electron chi connectivity index (χ2n) is 4.08. The van der Waals surface area contributed by atoms with Crippen LogP contribution < -0.4 is 10.6 Å². The highest BCUT2D eigenvalue weighted by atomic mass is 32.1. The largest absolute Gasteiger partial charge is 0.360 e. The topological polar surface area (TPSA) is 49.8 Å². The van der Waals surface area contributed by atoms with Crippen molar-refractivity contribution in [3.8, 4) is 0 Å². The molecule has 0 aliphatic heterocycles. The number of nitrogens with one attached hydrogen (secondary N) is 2. The molecule has 1 aliphatic carbocycles. The second-order valence-corrected chi connectivity index (χ2v) is 5.24. The molecule has 16 heavy (non-hydrogen) atoms. The zero-order valence-corrected chi connectivity index (χ0v) is 11.0. The Balaban J connectivity index is 1.79. The van der Waals surface area contributed by atoms with Gasteiger partial charge >= 0.3 is 0 Å². The summed E-state index contributed by atoms with van der Waals surface area (Å²) < 4.78 is 4.10. The minimum Gasteiger partial charge on any atom is -0.360 e. The maximum absolute atomic E-state index is 5.24. The van der Waals surface area contributed by atoms with E-state index >= 15 is 0 Å². The molecule has 2 N–H and O–H groups in total. The normalized spacial score (nSPS) is 17.1. The zero-order chi connectivity index (χ0) is 11.4. The van der Waals surface area contributed by atoms with Crippen LogP contribution >= 0.6 is 23.8 Å². The summed E-state index contributed by atoms with van der Waals surface area (Å²) in [5, 5.41) is 7.85. The van der Waals surface area contributed by atoms with Gasteiger partial charge in [0.15, 0.2) is 5.11 Å². The van der Waals surface area contributed by atoms with Crippen LogP contribution in [0.25, 0.3) is 0 Å². The summed E-state index contributed by atoms with van der Waals surface area (Å²) in [5.41, 5.74) is 0. The van der Waals surface area contributed by atoms with Crippen molar-refractivity contribution in [3.63, 3.8) is 0 Å². The van der Waals surface area contributed by atoms with Gasteiger partial charge in [-0.2, -0.15) is 4.37 Å². The van der Waals surface area contributed by atoms with Gasteiger partial charge in [-0.05, 0) is 32.0 Å². The number of aryl methyl sites for hydroxylation is 1. The Morgan fingerprint density at radius 3 is 2.75 bits per heavy atom. The Morgan fingerprint density at radius 2 is 2.12 bits per heavy atom. The Hall–Kier alpha value is -0.750. The molecular formula is C10H16N4S2. The van der Waals surface area contributed by atoms with Gasteiger partial charge in [-0.25, -0.2) is 4.98 Å². The molecule has 0 bridgehead atoms. The number of thiocarbonyl (C=S) groups is 1. The molecule has 0 unspecified atom stereocenters. The fraction of sp³-hybridized carbons (Fsp3) is 0.700. The van der Waals surface area contributed by atoms with Crippen LogP contribution in [0.5, 0.6) is 0 Å². The summed E-state index contributed by atoms with van der Waals surface area (Å²) in [4.78, 5) is 4.21. The molecule has 1 fully saturated rings. The molecule has 1 saturated carbocycles. The minimum atomic E-state index is 0.530. The monoisotopic (exact) mass is 256 g/mol. The molecule has 4 nitrogen and oxygen atoms in total. The molecular weight excluding hydrogens is 240 g/mol. The number of nitrogens with zero attached hydrogens (tertiary/aromatic N) is 2. The van der Waals surface area contributed by atoms with Gasteiger partial charge in [0.2, 0.25) is 5.13 Å². The Morgan fingerprint density at radius 1 is 1.38 bits per heavy atom. The van der Waals surface area contributed by atoms with Crippen molar-refractivity contribution in [3.05, 3.63) is 5.82 Å². The van der Waals surface area contributed by atoms with Gasteiger partial charge < -0.3 is 10.6 Å². The molecule has 1 aliphatic rings. The molecule has 1 aromatic rings. The van der Waals surface area contributed by atoms with E-state index in [9.17, 15) is 0 Å². The molecule has 0 saturated heterocycles. The summed E-state index contributed by atoms with van der Waals surface area (Å²) in [6.07, 6.45) is 6.40. The first-order valence-electron chi connectivity index (χ1n) is 5.62. The predicted octanol–water partition coefficient (Wildman–Crippen LogP) is 2.47. The van der Waals surface area contributed by atoms with Gasteiger partial charge in [-0.15, -0.1) is 0 Å². The average molecular weight is 256 g/mol. The molecule has 1 heterocycles. The maximum atomic E-state index is 5.24. The molecule has 1 aromatic heterocycles. The van der Waals surface area contributed by atoms with Crippen LogP contribution in [0.3, 0.4) is 0 Å². The third-order valence-corrected chi connectivity index (χ3v) is 3.63. The van der Waals surface area contributed by atoms with E-state index in [0.717, 1.165) is 11.0 Å². The molecule has 0 radical (unpaired) electrons. The van der Waals surface area contributed by atoms with Gasteiger partial charge in [0.1, 0.15) is 5.82 Å². The lowest BCUT2D eigenvalue weighted by Crippen LogP contribution is -2.38. The van der Waals surface area contributed by atoms with Crippen molar-refractivity contribution in [1.29, 1.82) is 0 Å². The molecule has 6 heteroatoms. The first-order chi connectivity index (χ1) is 7.74. The SMILES string of the molecule is Cc1nsc(NC(=S)NC2CCCCC2)n1. The van der Waals surface area contributed by atoms with Crippen molar-refractivity contribution in [2.24, 2.45) is 0 Å². The Bertz CT molecular complexity index is 357. The van der Waals surface area contributed by atoms with E-state index in [2.05, 4.69) is 20.0 Å². The van der Waals surface area contributed by atoms with Crippen molar-refractivity contribution < 1.29 is 0 Å². The average Bonchev–Trinajstić information content (AvgIpc) is 2.65. The number of rotatable bonds is 2. The van der Waals surface area contributed by atoms with E-state index < -0.39 is 0 Å². The summed E-state index contributed by atoms with van der Waals surface area (Å²) in [6.45, 7) is 1.87. The van der Waals surface area contributed by atoms with E-state index in [1.165, 1.54) is 43.6 Å². The van der Waals surface area contributed by atoms with Crippen LogP contribution in [0.2, 0.25) is 0 Å². The van der Waals surface area contributed by atoms with E-state index in [0.29, 0.717) is 11.2 Å². The predicted molar refractivity (Wildman–Crippen MR) is 70.9 cm³/mol. The summed E-state index contributed by atoms with van der Waals surface area (Å²) in [6, 6.07) is 0.530. The fourth-order valence-corrected chi connectivity index (χ4v) is 2.82. The van der Waals surface area contributed by atoms with E-state index in [4.69, 9.17) is 12.2 Å². The Kier molecular flexibility index (Phi) is 4.06. The van der Waals surface area contributed by atoms with Gasteiger partial charge in [0, 0.05) is 17.6 Å². The number of aromatic nitrogens is 2. The standard InChI is InChI=1S/C10H16N4S2/c1-7-11-10(16-14-7)13-9(15)12-8-5-3-2-4-6-8/h8H,2-6H2,1H3,(H2,11,12,13,14,15). The lowest BCUT2D eigenvalue weighted by Gasteiger charge is -2.23. The molecule has 0 aromatic carbocycles. The molecule has 0 spiro atoms. The highest BCUT2D eigenvalue weighted by Crippen LogP contribution is 2.17. The van der Waals surface area contributed by atoms with Gasteiger partial charge in [0.25, 0.3) is 0 Å². The van der Waals surface area contributed by atoms with E-state index in [1.807, 2.05) is 6.92 Å². The fourth-order valence-electron chi connectivity index (χ4n) is 1.91. The molecule has 0 amide bonds. The summed E-state index contributed by atoms with van der Waals surface area (Å²) >= 11 is 6.58. The zero-order valence-electron chi connectivity index (χ0n) is 9.32. The summed E-state index contributed by atoms with van der Waals surface area (Å²) in [7, 11) is 0. The van der Waals surface area contributed by atoms with Crippen molar-refractivity contribution in [2.45, 2.75) is 45.1 Å². The van der Waals surface area contributed by atoms with Crippen LogP contribution in [-0.2, 0) is 0 Å². The molecule has 88 valence electrons. The minimum absolute atomic E-state index is 0.530. The van der Waals surface area contributed by atoms with Crippen molar-refractivity contribution >= 4 is 34.0 Å². The third kappa shape index (κ3) is 3.38. The van der Waals surface area contributed by atoms with E-state index in [1.54, 1.807) is 0 Å². The van der Waals surface area contributed by atoms with Gasteiger partial charge in [-0.1, -0.05) is 19.3 Å². The molecule has 2 rings (SSSR count). The maximum Gasteiger partial charge on any atom is 0.208 e. The van der Waals surface area contributed by atoms with Gasteiger partial charge in [-0.3, -0.25) is 0 Å². The summed E-state index contributed by atoms with van der Waals surface area (Å²) in [5.74, 6) is 0.785. The van der Waals surface area contributed by atoms with Crippen molar-refractivity contribution in [1.82, 2.24) is 14.7 Å². The quantitative estimate of drug-likeness (QED) is 0.796. The van der Waals surface area contributed by atoms with Crippen LogP contribution in [0, 0.1) is 6.92 Å². The second kappa shape index (κ2) is 5.54. The number of hydrogen-bond acceptors (Lipinski definition) is 4. The third-order valence-electron chi connectivity index (χ3n) is 2.69. The molecule has 0 atom stereocenters. The van der Waals surface area contributed by atoms with Crippen molar-refractivity contribution in [2.75, 3.05) is 5.32 Å². The first-order valence-corrected chi connectivity index (χ1v) is 6.80. The number of hydrogen-bond donors (Lipinski definition) is 2. The van der Waals surface area contributed by atoms with Gasteiger partial charge in [0.05, 0.1) is 0 Å². The first kappa shape index (κ1) is 11.7. The lowest BCUT2D eigenvalue weighted by atomic mass is 9.96. The highest BCUT2D eigenvalue weighted by Gasteiger charge is 2.14. The van der Waals surface area contributed by atoms with Crippen LogP contribution in [0.15, 0.2) is 0 Å². The smallest absolute Gasteiger partial charge is 0.208 e. The van der Waals surface area contributed by atoms with Crippen LogP contribution in [0.4, 0.5) is 5.13 Å². The highest BCUT2D eigenvalue weighted by molar-refractivity contribution is 7.80. The van der Waals surface area contributed by atoms with E-state index in [-0.39, 0.29) is 0 Å².